The highest BCUT2D eigenvalue weighted by Gasteiger charge is 2.66. The minimum absolute atomic E-state index is 0.119. The lowest BCUT2D eigenvalue weighted by atomic mass is 9.91. The highest BCUT2D eigenvalue weighted by atomic mass is 32.2. The van der Waals surface area contributed by atoms with Crippen LogP contribution in [0.4, 0.5) is 5.69 Å². The molecule has 3 aliphatic rings. The van der Waals surface area contributed by atoms with Crippen LogP contribution in [0, 0.1) is 5.92 Å². The second kappa shape index (κ2) is 4.18. The zero-order valence-corrected chi connectivity index (χ0v) is 12.6. The Kier molecular flexibility index (Phi) is 2.59. The van der Waals surface area contributed by atoms with Crippen LogP contribution in [-0.2, 0) is 9.59 Å². The molecule has 0 bridgehead atoms. The average Bonchev–Trinajstić information content (AvgIpc) is 2.97. The number of nitrogens with zero attached hydrogens (tertiary/aromatic N) is 2. The number of anilines is 1. The number of hydrogen-bond acceptors (Lipinski definition) is 5. The van der Waals surface area contributed by atoms with Gasteiger partial charge in [0.15, 0.2) is 0 Å². The van der Waals surface area contributed by atoms with Gasteiger partial charge in [-0.15, -0.1) is 11.8 Å². The fourth-order valence-corrected chi connectivity index (χ4v) is 4.95. The summed E-state index contributed by atoms with van der Waals surface area (Å²) >= 11 is 1.61. The van der Waals surface area contributed by atoms with Crippen molar-refractivity contribution in [2.24, 2.45) is 10.9 Å². The van der Waals surface area contributed by atoms with E-state index in [4.69, 9.17) is 0 Å². The molecule has 3 aliphatic heterocycles. The second-order valence-corrected chi connectivity index (χ2v) is 7.48. The first kappa shape index (κ1) is 13.0. The Hall–Kier alpha value is -1.66. The first-order valence-corrected chi connectivity index (χ1v) is 7.76. The third-order valence-corrected chi connectivity index (χ3v) is 5.81. The van der Waals surface area contributed by atoms with Crippen molar-refractivity contribution in [2.75, 3.05) is 4.90 Å². The first-order valence-electron chi connectivity index (χ1n) is 6.95. The van der Waals surface area contributed by atoms with Gasteiger partial charge in [-0.05, 0) is 26.0 Å². The van der Waals surface area contributed by atoms with Crippen LogP contribution in [0.25, 0.3) is 0 Å². The van der Waals surface area contributed by atoms with Crippen LogP contribution in [-0.4, -0.2) is 33.8 Å². The molecule has 0 aliphatic carbocycles. The maximum absolute atomic E-state index is 12.9. The van der Waals surface area contributed by atoms with Crippen molar-refractivity contribution >= 4 is 34.3 Å². The zero-order valence-electron chi connectivity index (χ0n) is 11.7. The van der Waals surface area contributed by atoms with E-state index < -0.39 is 6.04 Å². The quantitative estimate of drug-likeness (QED) is 0.797. The molecule has 3 heterocycles. The minimum atomic E-state index is -0.461. The standard InChI is InChI=1S/C15H15N3O2S/c1-8-16-14-15(2,21-8)10-11(17-14)13(20)18(12(10)19)9-6-4-3-5-7-9/h3-7,10-11,14,17H,1-2H3/t10-,11+,14?,15+/m1/s1. The van der Waals surface area contributed by atoms with Crippen molar-refractivity contribution in [2.45, 2.75) is 30.8 Å². The molecule has 1 aromatic rings. The van der Waals surface area contributed by atoms with E-state index in [1.807, 2.05) is 32.0 Å². The van der Waals surface area contributed by atoms with Crippen molar-refractivity contribution in [1.82, 2.24) is 5.32 Å². The number of thioether (sulfide) groups is 1. The minimum Gasteiger partial charge on any atom is -0.282 e. The van der Waals surface area contributed by atoms with E-state index >= 15 is 0 Å². The highest BCUT2D eigenvalue weighted by molar-refractivity contribution is 8.15. The van der Waals surface area contributed by atoms with Gasteiger partial charge < -0.3 is 0 Å². The predicted molar refractivity (Wildman–Crippen MR) is 82.2 cm³/mol. The van der Waals surface area contributed by atoms with Gasteiger partial charge in [0.05, 0.1) is 21.4 Å². The Labute approximate surface area is 126 Å². The number of hydrogen-bond donors (Lipinski definition) is 1. The molecule has 1 N–H and O–H groups in total. The third-order valence-electron chi connectivity index (χ3n) is 4.50. The van der Waals surface area contributed by atoms with Gasteiger partial charge in [0.25, 0.3) is 5.91 Å². The largest absolute Gasteiger partial charge is 0.282 e. The molecule has 5 nitrogen and oxygen atoms in total. The third kappa shape index (κ3) is 1.60. The van der Waals surface area contributed by atoms with Crippen LogP contribution < -0.4 is 10.2 Å². The van der Waals surface area contributed by atoms with Crippen molar-refractivity contribution in [3.05, 3.63) is 30.3 Å². The summed E-state index contributed by atoms with van der Waals surface area (Å²) in [5.74, 6) is -0.646. The van der Waals surface area contributed by atoms with E-state index in [2.05, 4.69) is 10.3 Å². The Morgan fingerprint density at radius 3 is 2.67 bits per heavy atom. The van der Waals surface area contributed by atoms with Gasteiger partial charge in [-0.3, -0.25) is 19.9 Å². The van der Waals surface area contributed by atoms with E-state index in [1.165, 1.54) is 4.90 Å². The molecule has 0 saturated carbocycles. The van der Waals surface area contributed by atoms with Crippen molar-refractivity contribution in [3.8, 4) is 0 Å². The molecule has 1 unspecified atom stereocenters. The summed E-state index contributed by atoms with van der Waals surface area (Å²) in [4.78, 5) is 31.3. The molecule has 0 spiro atoms. The van der Waals surface area contributed by atoms with E-state index in [-0.39, 0.29) is 28.6 Å². The normalized spacial score (nSPS) is 37.7. The summed E-state index contributed by atoms with van der Waals surface area (Å²) in [6.07, 6.45) is -0.150. The van der Waals surface area contributed by atoms with Crippen molar-refractivity contribution in [3.63, 3.8) is 0 Å². The van der Waals surface area contributed by atoms with E-state index in [0.717, 1.165) is 5.04 Å². The lowest BCUT2D eigenvalue weighted by Gasteiger charge is -2.27. The number of imide groups is 1. The number of benzene rings is 1. The number of fused-ring (bicyclic) bond motifs is 3. The summed E-state index contributed by atoms with van der Waals surface area (Å²) in [6.45, 7) is 3.97. The molecule has 108 valence electrons. The van der Waals surface area contributed by atoms with E-state index in [0.29, 0.717) is 5.69 Å². The Bertz CT molecular complexity index is 675. The lowest BCUT2D eigenvalue weighted by Crippen LogP contribution is -2.44. The molecule has 2 fully saturated rings. The Balaban J connectivity index is 1.74. The molecule has 1 aromatic carbocycles. The lowest BCUT2D eigenvalue weighted by molar-refractivity contribution is -0.123. The van der Waals surface area contributed by atoms with E-state index in [9.17, 15) is 9.59 Å². The number of nitrogens with one attached hydrogen (secondary N) is 1. The maximum atomic E-state index is 12.9. The predicted octanol–water partition coefficient (Wildman–Crippen LogP) is 1.40. The second-order valence-electron chi connectivity index (χ2n) is 5.81. The molecule has 21 heavy (non-hydrogen) atoms. The summed E-state index contributed by atoms with van der Waals surface area (Å²) < 4.78 is -0.370. The summed E-state index contributed by atoms with van der Waals surface area (Å²) in [7, 11) is 0. The summed E-state index contributed by atoms with van der Waals surface area (Å²) in [5, 5.41) is 4.21. The first-order chi connectivity index (χ1) is 10.0. The van der Waals surface area contributed by atoms with Gasteiger partial charge in [-0.25, -0.2) is 4.90 Å². The van der Waals surface area contributed by atoms with Crippen LogP contribution in [0.15, 0.2) is 35.3 Å². The average molecular weight is 301 g/mol. The highest BCUT2D eigenvalue weighted by Crippen LogP contribution is 2.51. The fraction of sp³-hybridized carbons (Fsp3) is 0.400. The number of amides is 2. The SMILES string of the molecule is CC1=NC2N[C@@H]3C(=O)N(c4ccccc4)C(=O)[C@@H]3[C@]2(C)S1. The zero-order chi connectivity index (χ0) is 14.8. The number of aliphatic imine (C=N–C) groups is 1. The van der Waals surface area contributed by atoms with Crippen LogP contribution in [0.1, 0.15) is 13.8 Å². The molecular formula is C15H15N3O2S. The van der Waals surface area contributed by atoms with Crippen LogP contribution in [0.5, 0.6) is 0 Å². The Morgan fingerprint density at radius 1 is 1.24 bits per heavy atom. The van der Waals surface area contributed by atoms with Gasteiger partial charge in [0.2, 0.25) is 5.91 Å². The monoisotopic (exact) mass is 301 g/mol. The molecule has 2 saturated heterocycles. The molecule has 6 heteroatoms. The number of carbonyl (C=O) groups is 2. The molecule has 4 rings (SSSR count). The number of rotatable bonds is 1. The number of para-hydroxylation sites is 1. The molecule has 0 aromatic heterocycles. The van der Waals surface area contributed by atoms with Crippen molar-refractivity contribution < 1.29 is 9.59 Å². The topological polar surface area (TPSA) is 61.8 Å². The smallest absolute Gasteiger partial charge is 0.251 e. The fourth-order valence-electron chi connectivity index (χ4n) is 3.56. The molecule has 2 amide bonds. The van der Waals surface area contributed by atoms with Gasteiger partial charge in [0, 0.05) is 0 Å². The molecule has 0 radical (unpaired) electrons. The van der Waals surface area contributed by atoms with Gasteiger partial charge in [-0.2, -0.15) is 0 Å². The van der Waals surface area contributed by atoms with Crippen LogP contribution in [0.3, 0.4) is 0 Å². The van der Waals surface area contributed by atoms with E-state index in [1.54, 1.807) is 23.9 Å². The van der Waals surface area contributed by atoms with Gasteiger partial charge >= 0.3 is 0 Å². The molecular weight excluding hydrogens is 286 g/mol. The van der Waals surface area contributed by atoms with Gasteiger partial charge in [0.1, 0.15) is 12.2 Å². The number of carbonyl (C=O) groups excluding carboxylic acids is 2. The Morgan fingerprint density at radius 2 is 1.95 bits per heavy atom. The van der Waals surface area contributed by atoms with Crippen molar-refractivity contribution in [1.29, 1.82) is 0 Å². The maximum Gasteiger partial charge on any atom is 0.251 e. The summed E-state index contributed by atoms with van der Waals surface area (Å²) in [5.41, 5.74) is 0.643. The molecule has 4 atom stereocenters. The van der Waals surface area contributed by atoms with Gasteiger partial charge in [-0.1, -0.05) is 18.2 Å². The van der Waals surface area contributed by atoms with Crippen LogP contribution >= 0.6 is 11.8 Å². The van der Waals surface area contributed by atoms with Crippen LogP contribution in [0.2, 0.25) is 0 Å². The summed E-state index contributed by atoms with van der Waals surface area (Å²) in [6, 6.07) is 8.66.